The second-order valence-corrected chi connectivity index (χ2v) is 35.4. The third kappa shape index (κ3) is 82.1. The lowest BCUT2D eigenvalue weighted by Crippen LogP contribution is -2.30. The first-order valence-corrected chi connectivity index (χ1v) is 49.1. The van der Waals surface area contributed by atoms with Crippen LogP contribution in [0.1, 0.15) is 484 Å². The highest BCUT2D eigenvalue weighted by molar-refractivity contribution is 7.47. The van der Waals surface area contributed by atoms with Crippen LogP contribution in [0.5, 0.6) is 0 Å². The molecule has 5 atom stereocenters. The van der Waals surface area contributed by atoms with E-state index in [4.69, 9.17) is 37.0 Å². The van der Waals surface area contributed by atoms with Crippen molar-refractivity contribution in [3.8, 4) is 0 Å². The molecule has 0 aliphatic heterocycles. The first-order valence-electron chi connectivity index (χ1n) is 46.1. The Morgan fingerprint density at radius 2 is 0.426 bits per heavy atom. The van der Waals surface area contributed by atoms with Crippen molar-refractivity contribution in [2.24, 2.45) is 5.92 Å². The molecule has 0 spiro atoms. The van der Waals surface area contributed by atoms with Crippen molar-refractivity contribution >= 4 is 39.5 Å². The van der Waals surface area contributed by atoms with Gasteiger partial charge in [0.2, 0.25) is 0 Å². The maximum Gasteiger partial charge on any atom is 0.472 e. The van der Waals surface area contributed by atoms with Crippen LogP contribution in [0.25, 0.3) is 0 Å². The summed E-state index contributed by atoms with van der Waals surface area (Å²) >= 11 is 0. The van der Waals surface area contributed by atoms with Crippen LogP contribution in [0, 0.1) is 5.92 Å². The summed E-state index contributed by atoms with van der Waals surface area (Å²) in [5.74, 6) is -1.33. The number of hydrogen-bond acceptors (Lipinski definition) is 15. The molecule has 0 radical (unpaired) electrons. The Kier molecular flexibility index (Phi) is 80.2. The second kappa shape index (κ2) is 81.6. The van der Waals surface area contributed by atoms with Crippen molar-refractivity contribution in [3.05, 3.63) is 0 Å². The minimum atomic E-state index is -4.97. The van der Waals surface area contributed by atoms with Gasteiger partial charge in [-0.25, -0.2) is 9.13 Å². The zero-order chi connectivity index (χ0) is 79.0. The zero-order valence-corrected chi connectivity index (χ0v) is 72.8. The summed E-state index contributed by atoms with van der Waals surface area (Å²) in [4.78, 5) is 73.3. The van der Waals surface area contributed by atoms with Gasteiger partial charge in [-0.2, -0.15) is 0 Å². The van der Waals surface area contributed by atoms with E-state index in [0.717, 1.165) is 95.8 Å². The summed E-state index contributed by atoms with van der Waals surface area (Å²) < 4.78 is 69.0. The van der Waals surface area contributed by atoms with E-state index in [1.807, 2.05) is 0 Å². The monoisotopic (exact) mass is 1580 g/mol. The molecule has 108 heavy (non-hydrogen) atoms. The number of unbranched alkanes of at least 4 members (excludes halogenated alkanes) is 61. The number of phosphoric ester groups is 2. The van der Waals surface area contributed by atoms with Crippen molar-refractivity contribution in [3.63, 3.8) is 0 Å². The predicted molar refractivity (Wildman–Crippen MR) is 446 cm³/mol. The third-order valence-electron chi connectivity index (χ3n) is 21.0. The summed E-state index contributed by atoms with van der Waals surface area (Å²) in [6.45, 7) is 7.38. The molecule has 0 saturated carbocycles. The smallest absolute Gasteiger partial charge is 0.462 e. The summed E-state index contributed by atoms with van der Waals surface area (Å²) in [6, 6.07) is 0. The molecule has 0 rings (SSSR count). The van der Waals surface area contributed by atoms with Gasteiger partial charge in [-0.05, 0) is 31.6 Å². The lowest BCUT2D eigenvalue weighted by molar-refractivity contribution is -0.161. The minimum Gasteiger partial charge on any atom is -0.462 e. The van der Waals surface area contributed by atoms with Crippen LogP contribution in [-0.2, 0) is 65.4 Å². The fourth-order valence-corrected chi connectivity index (χ4v) is 15.6. The number of aliphatic hydroxyl groups excluding tert-OH is 1. The molecule has 0 aromatic heterocycles. The van der Waals surface area contributed by atoms with E-state index in [1.54, 1.807) is 0 Å². The standard InChI is InChI=1S/C89H174O17P2/c1-6-9-12-15-18-21-24-27-29-31-33-35-37-39-41-43-48-53-58-63-68-73-87(92)100-79-84(105-88(93)74-69-64-59-54-49-44-42-40-38-36-34-32-30-28-25-22-19-16-13-10-7-2)80-103-107(95,96)101-76-83(90)77-102-108(97,98)104-81-85(78-99-86(91)72-67-62-57-52-47-26-23-20-17-14-11-8-3)106-89(94)75-70-65-60-55-50-45-46-51-56-61-66-71-82(4)5/h82-85,90H,6-81H2,1-5H3,(H,95,96)(H,97,98)/t83-,84-,85-/m1/s1. The Balaban J connectivity index is 5.23. The molecule has 2 unspecified atom stereocenters. The molecule has 3 N–H and O–H groups in total. The molecule has 0 saturated heterocycles. The molecule has 0 bridgehead atoms. The molecule has 642 valence electrons. The number of carbonyl (C=O) groups excluding carboxylic acids is 4. The molecule has 0 amide bonds. The van der Waals surface area contributed by atoms with Crippen LogP contribution in [0.2, 0.25) is 0 Å². The highest BCUT2D eigenvalue weighted by Crippen LogP contribution is 2.45. The van der Waals surface area contributed by atoms with E-state index in [9.17, 15) is 43.2 Å². The number of carbonyl (C=O) groups is 4. The van der Waals surface area contributed by atoms with E-state index in [-0.39, 0.29) is 25.7 Å². The van der Waals surface area contributed by atoms with Crippen LogP contribution in [-0.4, -0.2) is 96.7 Å². The van der Waals surface area contributed by atoms with Crippen molar-refractivity contribution < 1.29 is 80.2 Å². The van der Waals surface area contributed by atoms with Crippen LogP contribution in [0.3, 0.4) is 0 Å². The van der Waals surface area contributed by atoms with Gasteiger partial charge in [0.15, 0.2) is 12.2 Å². The van der Waals surface area contributed by atoms with E-state index < -0.39 is 97.5 Å². The van der Waals surface area contributed by atoms with Crippen LogP contribution in [0.4, 0.5) is 0 Å². The van der Waals surface area contributed by atoms with E-state index in [1.165, 1.54) is 308 Å². The van der Waals surface area contributed by atoms with Crippen LogP contribution in [0.15, 0.2) is 0 Å². The highest BCUT2D eigenvalue weighted by Gasteiger charge is 2.30. The van der Waals surface area contributed by atoms with Crippen molar-refractivity contribution in [2.45, 2.75) is 502 Å². The molecule has 0 heterocycles. The number of aliphatic hydroxyl groups is 1. The maximum atomic E-state index is 13.2. The van der Waals surface area contributed by atoms with Gasteiger partial charge >= 0.3 is 39.5 Å². The number of ether oxygens (including phenoxy) is 4. The highest BCUT2D eigenvalue weighted by atomic mass is 31.2. The second-order valence-electron chi connectivity index (χ2n) is 32.5. The lowest BCUT2D eigenvalue weighted by Gasteiger charge is -2.21. The topological polar surface area (TPSA) is 237 Å². The van der Waals surface area contributed by atoms with E-state index >= 15 is 0 Å². The lowest BCUT2D eigenvalue weighted by atomic mass is 10.0. The molecule has 19 heteroatoms. The van der Waals surface area contributed by atoms with Gasteiger partial charge in [0.1, 0.15) is 19.3 Å². The summed E-state index contributed by atoms with van der Waals surface area (Å²) in [6.07, 6.45) is 76.5. The molecule has 0 aromatic carbocycles. The third-order valence-corrected chi connectivity index (χ3v) is 22.9. The van der Waals surface area contributed by atoms with Gasteiger partial charge in [0.25, 0.3) is 0 Å². The fourth-order valence-electron chi connectivity index (χ4n) is 14.0. The number of esters is 4. The van der Waals surface area contributed by atoms with Crippen molar-refractivity contribution in [1.29, 1.82) is 0 Å². The molecule has 0 fully saturated rings. The van der Waals surface area contributed by atoms with Crippen LogP contribution < -0.4 is 0 Å². The number of hydrogen-bond donors (Lipinski definition) is 3. The van der Waals surface area contributed by atoms with Gasteiger partial charge in [-0.15, -0.1) is 0 Å². The Bertz CT molecular complexity index is 2050. The van der Waals surface area contributed by atoms with Gasteiger partial charge in [-0.3, -0.25) is 37.3 Å². The average molecular weight is 1580 g/mol. The minimum absolute atomic E-state index is 0.107. The SMILES string of the molecule is CCCCCCCCCCCCCCCCCCCCCCCC(=O)OC[C@H](COP(=O)(O)OC[C@@H](O)COP(=O)(O)OC[C@@H](COC(=O)CCCCCCCCCCCCCC)OC(=O)CCCCCCCCCCCCCC(C)C)OC(=O)CCCCCCCCCCCCCCCCCCCCCCC. The van der Waals surface area contributed by atoms with Gasteiger partial charge in [0.05, 0.1) is 26.4 Å². The molecule has 0 aliphatic rings. The van der Waals surface area contributed by atoms with Gasteiger partial charge in [0, 0.05) is 25.7 Å². The predicted octanol–water partition coefficient (Wildman–Crippen LogP) is 27.5. The molecular formula is C89H174O17P2. The van der Waals surface area contributed by atoms with E-state index in [0.29, 0.717) is 25.7 Å². The first kappa shape index (κ1) is 106. The summed E-state index contributed by atoms with van der Waals surface area (Å²) in [5, 5.41) is 10.7. The quantitative estimate of drug-likeness (QED) is 0.0222. The normalized spacial score (nSPS) is 13.7. The van der Waals surface area contributed by atoms with Crippen LogP contribution >= 0.6 is 15.6 Å². The molecular weight excluding hydrogens is 1400 g/mol. The molecule has 17 nitrogen and oxygen atoms in total. The van der Waals surface area contributed by atoms with E-state index in [2.05, 4.69) is 34.6 Å². The molecule has 0 aromatic rings. The van der Waals surface area contributed by atoms with Gasteiger partial charge in [-0.1, -0.05) is 433 Å². The van der Waals surface area contributed by atoms with Gasteiger partial charge < -0.3 is 33.8 Å². The number of phosphoric acid groups is 2. The Morgan fingerprint density at radius 1 is 0.250 bits per heavy atom. The fraction of sp³-hybridized carbons (Fsp3) is 0.955. The maximum absolute atomic E-state index is 13.2. The Labute approximate surface area is 664 Å². The largest absolute Gasteiger partial charge is 0.472 e. The number of rotatable bonds is 89. The molecule has 0 aliphatic carbocycles. The van der Waals surface area contributed by atoms with Crippen molar-refractivity contribution in [2.75, 3.05) is 39.6 Å². The Morgan fingerprint density at radius 3 is 0.630 bits per heavy atom. The zero-order valence-electron chi connectivity index (χ0n) is 71.0. The average Bonchev–Trinajstić information content (AvgIpc) is 0.900. The summed E-state index contributed by atoms with van der Waals surface area (Å²) in [5.41, 5.74) is 0. The first-order chi connectivity index (χ1) is 52.5. The summed E-state index contributed by atoms with van der Waals surface area (Å²) in [7, 11) is -9.93. The van der Waals surface area contributed by atoms with Crippen molar-refractivity contribution in [1.82, 2.24) is 0 Å². The Hall–Kier alpha value is -1.94.